The van der Waals surface area contributed by atoms with E-state index in [1.807, 2.05) is 24.3 Å². The normalized spacial score (nSPS) is 17.9. The van der Waals surface area contributed by atoms with Crippen LogP contribution >= 0.6 is 0 Å². The van der Waals surface area contributed by atoms with Gasteiger partial charge in [-0.2, -0.15) is 5.10 Å². The van der Waals surface area contributed by atoms with Crippen LogP contribution in [0.5, 0.6) is 5.75 Å². The lowest BCUT2D eigenvalue weighted by molar-refractivity contribution is 0.0694. The van der Waals surface area contributed by atoms with Gasteiger partial charge in [-0.1, -0.05) is 18.2 Å². The first kappa shape index (κ1) is 10.8. The fourth-order valence-electron chi connectivity index (χ4n) is 2.29. The molecule has 5 heteroatoms. The summed E-state index contributed by atoms with van der Waals surface area (Å²) in [6.45, 7) is 0.472. The Labute approximate surface area is 103 Å². The minimum atomic E-state index is -0.961. The third kappa shape index (κ3) is 1.73. The number of para-hydroxylation sites is 1. The molecule has 0 fully saturated rings. The lowest BCUT2D eigenvalue weighted by atomic mass is 9.92. The first-order chi connectivity index (χ1) is 8.75. The summed E-state index contributed by atoms with van der Waals surface area (Å²) >= 11 is 0. The maximum Gasteiger partial charge on any atom is 0.339 e. The average Bonchev–Trinajstić information content (AvgIpc) is 2.87. The van der Waals surface area contributed by atoms with Gasteiger partial charge in [-0.05, 0) is 18.1 Å². The van der Waals surface area contributed by atoms with Crippen molar-refractivity contribution in [2.45, 2.75) is 12.3 Å². The van der Waals surface area contributed by atoms with Crippen LogP contribution in [0.3, 0.4) is 0 Å². The number of nitrogens with one attached hydrogen (secondary N) is 1. The van der Waals surface area contributed by atoms with E-state index in [0.29, 0.717) is 12.3 Å². The molecule has 0 bridgehead atoms. The van der Waals surface area contributed by atoms with Gasteiger partial charge < -0.3 is 9.84 Å². The Morgan fingerprint density at radius 2 is 2.28 bits per heavy atom. The van der Waals surface area contributed by atoms with Gasteiger partial charge in [0.1, 0.15) is 11.3 Å². The summed E-state index contributed by atoms with van der Waals surface area (Å²) in [5.41, 5.74) is 1.96. The summed E-state index contributed by atoms with van der Waals surface area (Å²) in [6, 6.07) is 7.81. The van der Waals surface area contributed by atoms with Crippen molar-refractivity contribution in [1.29, 1.82) is 0 Å². The Balaban J connectivity index is 1.92. The first-order valence-electron chi connectivity index (χ1n) is 5.73. The number of H-pyrrole nitrogens is 1. The monoisotopic (exact) mass is 244 g/mol. The van der Waals surface area contributed by atoms with Crippen LogP contribution in [-0.2, 0) is 6.42 Å². The smallest absolute Gasteiger partial charge is 0.339 e. The highest BCUT2D eigenvalue weighted by molar-refractivity contribution is 5.88. The largest absolute Gasteiger partial charge is 0.493 e. The Hall–Kier alpha value is -2.30. The predicted molar refractivity (Wildman–Crippen MR) is 63.9 cm³/mol. The Bertz CT molecular complexity index is 591. The summed E-state index contributed by atoms with van der Waals surface area (Å²) in [4.78, 5) is 11.1. The lowest BCUT2D eigenvalue weighted by Crippen LogP contribution is -2.21. The van der Waals surface area contributed by atoms with Gasteiger partial charge in [-0.15, -0.1) is 0 Å². The number of aromatic nitrogens is 2. The van der Waals surface area contributed by atoms with Crippen molar-refractivity contribution in [3.63, 3.8) is 0 Å². The number of ether oxygens (including phenoxy) is 1. The molecular formula is C13H12N2O3. The maximum atomic E-state index is 11.1. The first-order valence-corrected chi connectivity index (χ1v) is 5.73. The molecule has 0 spiro atoms. The third-order valence-corrected chi connectivity index (χ3v) is 3.19. The molecule has 0 saturated heterocycles. The molecule has 92 valence electrons. The van der Waals surface area contributed by atoms with Crippen LogP contribution in [-0.4, -0.2) is 27.9 Å². The topological polar surface area (TPSA) is 75.2 Å². The van der Waals surface area contributed by atoms with Gasteiger partial charge in [0.15, 0.2) is 0 Å². The number of rotatable bonds is 2. The molecule has 3 rings (SSSR count). The number of carboxylic acid groups (broad SMARTS) is 1. The average molecular weight is 244 g/mol. The Morgan fingerprint density at radius 1 is 1.44 bits per heavy atom. The SMILES string of the molecule is O=C(O)c1cn[nH]c1C1COc2ccccc2C1. The Morgan fingerprint density at radius 3 is 3.11 bits per heavy atom. The van der Waals surface area contributed by atoms with Crippen molar-refractivity contribution >= 4 is 5.97 Å². The summed E-state index contributed by atoms with van der Waals surface area (Å²) in [7, 11) is 0. The molecule has 1 aliphatic rings. The molecule has 2 aromatic rings. The second-order valence-electron chi connectivity index (χ2n) is 4.32. The quantitative estimate of drug-likeness (QED) is 0.845. The zero-order valence-corrected chi connectivity index (χ0v) is 9.59. The lowest BCUT2D eigenvalue weighted by Gasteiger charge is -2.24. The van der Waals surface area contributed by atoms with Crippen molar-refractivity contribution < 1.29 is 14.6 Å². The van der Waals surface area contributed by atoms with Gasteiger partial charge in [0, 0.05) is 5.92 Å². The molecule has 0 amide bonds. The van der Waals surface area contributed by atoms with Gasteiger partial charge in [0.2, 0.25) is 0 Å². The standard InChI is InChI=1S/C13H12N2O3/c16-13(17)10-6-14-15-12(10)9-5-8-3-1-2-4-11(8)18-7-9/h1-4,6,9H,5,7H2,(H,14,15)(H,16,17). The number of aromatic carboxylic acids is 1. The van der Waals surface area contributed by atoms with Gasteiger partial charge in [0.05, 0.1) is 18.5 Å². The molecule has 18 heavy (non-hydrogen) atoms. The van der Waals surface area contributed by atoms with E-state index in [1.165, 1.54) is 6.20 Å². The van der Waals surface area contributed by atoms with E-state index in [-0.39, 0.29) is 11.5 Å². The summed E-state index contributed by atoms with van der Waals surface area (Å²) in [5.74, 6) is -0.0729. The summed E-state index contributed by atoms with van der Waals surface area (Å²) in [6.07, 6.45) is 2.11. The maximum absolute atomic E-state index is 11.1. The fourth-order valence-corrected chi connectivity index (χ4v) is 2.29. The Kier molecular flexibility index (Phi) is 2.51. The number of fused-ring (bicyclic) bond motifs is 1. The van der Waals surface area contributed by atoms with Crippen molar-refractivity contribution in [2.75, 3.05) is 6.61 Å². The molecule has 0 saturated carbocycles. The van der Waals surface area contributed by atoms with Crippen molar-refractivity contribution in [2.24, 2.45) is 0 Å². The van der Waals surface area contributed by atoms with Crippen LogP contribution in [0.1, 0.15) is 27.5 Å². The van der Waals surface area contributed by atoms with E-state index in [0.717, 1.165) is 17.7 Å². The highest BCUT2D eigenvalue weighted by Gasteiger charge is 2.26. The van der Waals surface area contributed by atoms with Crippen LogP contribution in [0.4, 0.5) is 0 Å². The second-order valence-corrected chi connectivity index (χ2v) is 4.32. The molecule has 1 aromatic carbocycles. The number of benzene rings is 1. The number of nitrogens with zero attached hydrogens (tertiary/aromatic N) is 1. The van der Waals surface area contributed by atoms with E-state index in [4.69, 9.17) is 9.84 Å². The number of aromatic amines is 1. The molecule has 1 aliphatic heterocycles. The molecular weight excluding hydrogens is 232 g/mol. The molecule has 1 aromatic heterocycles. The van der Waals surface area contributed by atoms with Gasteiger partial charge in [-0.3, -0.25) is 5.10 Å². The van der Waals surface area contributed by atoms with Crippen LogP contribution in [0.25, 0.3) is 0 Å². The molecule has 2 heterocycles. The predicted octanol–water partition coefficient (Wildman–Crippen LogP) is 1.83. The van der Waals surface area contributed by atoms with Gasteiger partial charge in [0.25, 0.3) is 0 Å². The van der Waals surface area contributed by atoms with E-state index in [2.05, 4.69) is 10.2 Å². The summed E-state index contributed by atoms with van der Waals surface area (Å²) < 4.78 is 5.65. The van der Waals surface area contributed by atoms with Gasteiger partial charge >= 0.3 is 5.97 Å². The minimum absolute atomic E-state index is 0.00787. The van der Waals surface area contributed by atoms with Crippen LogP contribution in [0.2, 0.25) is 0 Å². The van der Waals surface area contributed by atoms with Crippen molar-refractivity contribution in [1.82, 2.24) is 10.2 Å². The van der Waals surface area contributed by atoms with E-state index in [9.17, 15) is 4.79 Å². The number of carbonyl (C=O) groups is 1. The summed E-state index contributed by atoms with van der Waals surface area (Å²) in [5, 5.41) is 15.7. The highest BCUT2D eigenvalue weighted by atomic mass is 16.5. The number of hydrogen-bond donors (Lipinski definition) is 2. The molecule has 1 atom stereocenters. The number of hydrogen-bond acceptors (Lipinski definition) is 3. The van der Waals surface area contributed by atoms with Crippen LogP contribution in [0.15, 0.2) is 30.5 Å². The second kappa shape index (κ2) is 4.18. The molecule has 0 radical (unpaired) electrons. The molecule has 0 aliphatic carbocycles. The molecule has 1 unspecified atom stereocenters. The van der Waals surface area contributed by atoms with Crippen LogP contribution < -0.4 is 4.74 Å². The van der Waals surface area contributed by atoms with Crippen molar-refractivity contribution in [3.05, 3.63) is 47.3 Å². The molecule has 2 N–H and O–H groups in total. The number of carboxylic acids is 1. The zero-order chi connectivity index (χ0) is 12.5. The third-order valence-electron chi connectivity index (χ3n) is 3.19. The zero-order valence-electron chi connectivity index (χ0n) is 9.59. The fraction of sp³-hybridized carbons (Fsp3) is 0.231. The van der Waals surface area contributed by atoms with E-state index in [1.54, 1.807) is 0 Å². The molecule has 5 nitrogen and oxygen atoms in total. The minimum Gasteiger partial charge on any atom is -0.493 e. The van der Waals surface area contributed by atoms with E-state index < -0.39 is 5.97 Å². The van der Waals surface area contributed by atoms with Gasteiger partial charge in [-0.25, -0.2) is 4.79 Å². The highest BCUT2D eigenvalue weighted by Crippen LogP contribution is 2.32. The van der Waals surface area contributed by atoms with Crippen LogP contribution in [0, 0.1) is 0 Å². The van der Waals surface area contributed by atoms with Crippen molar-refractivity contribution in [3.8, 4) is 5.75 Å². The van der Waals surface area contributed by atoms with E-state index >= 15 is 0 Å².